The van der Waals surface area contributed by atoms with Crippen molar-refractivity contribution in [3.8, 4) is 10.6 Å². The summed E-state index contributed by atoms with van der Waals surface area (Å²) in [5.74, 6) is 0.0944. The monoisotopic (exact) mass is 439 g/mol. The summed E-state index contributed by atoms with van der Waals surface area (Å²) in [4.78, 5) is 16.1. The van der Waals surface area contributed by atoms with Crippen LogP contribution in [0.4, 0.5) is 5.13 Å². The number of anilines is 1. The summed E-state index contributed by atoms with van der Waals surface area (Å²) in [5, 5.41) is 13.1. The molecule has 0 spiro atoms. The number of thiazole rings is 1. The molecule has 0 aliphatic heterocycles. The van der Waals surface area contributed by atoms with Gasteiger partial charge in [-0.05, 0) is 30.2 Å². The molecule has 2 atom stereocenters. The van der Waals surface area contributed by atoms with Crippen molar-refractivity contribution in [2.24, 2.45) is 0 Å². The van der Waals surface area contributed by atoms with Crippen LogP contribution in [0.5, 0.6) is 0 Å². The Balaban J connectivity index is 0.00000171. The van der Waals surface area contributed by atoms with Gasteiger partial charge in [0.25, 0.3) is 10.0 Å². The van der Waals surface area contributed by atoms with Crippen molar-refractivity contribution < 1.29 is 27.0 Å². The topological polar surface area (TPSA) is 122 Å². The number of nitrogens with one attached hydrogen (secondary N) is 2. The largest absolute Gasteiger partial charge is 0.442 e. The zero-order chi connectivity index (χ0) is 20.8. The molecule has 0 saturated heterocycles. The number of furan rings is 1. The van der Waals surface area contributed by atoms with E-state index in [1.54, 1.807) is 19.1 Å². The predicted octanol–water partition coefficient (Wildman–Crippen LogP) is 3.34. The van der Waals surface area contributed by atoms with Crippen LogP contribution in [-0.4, -0.2) is 30.5 Å². The molecule has 2 heterocycles. The minimum atomic E-state index is -3.99. The first-order valence-corrected chi connectivity index (χ1v) is 11.2. The summed E-state index contributed by atoms with van der Waals surface area (Å²) in [6.45, 7) is 3.13. The molecule has 0 bridgehead atoms. The molecule has 2 aromatic heterocycles. The van der Waals surface area contributed by atoms with Gasteiger partial charge in [0, 0.05) is 17.6 Å². The first-order chi connectivity index (χ1) is 13.7. The van der Waals surface area contributed by atoms with Crippen LogP contribution >= 0.6 is 11.3 Å². The Morgan fingerprint density at radius 1 is 1.31 bits per heavy atom. The van der Waals surface area contributed by atoms with Gasteiger partial charge in [-0.3, -0.25) is 4.79 Å². The number of aliphatic hydroxyl groups excluding tert-OH is 1. The van der Waals surface area contributed by atoms with Crippen LogP contribution in [-0.2, 0) is 21.2 Å². The standard InChI is InChI=1S/C19H19N3O5S2.3H2/c1-10-18(28-19(20-10)21-11(2)23)15-7-8-16(27-15)29(25,26)22-17-13-6-4-3-5-12(13)9-14(17)24;;;/h3-8,14,17,22,24H,9H2,1-2H3,(H,20,21,23);3*1H/t14-,17+;;;/m0.../s1. The Morgan fingerprint density at radius 2 is 2.07 bits per heavy atom. The zero-order valence-corrected chi connectivity index (χ0v) is 17.3. The average molecular weight is 440 g/mol. The molecule has 3 N–H and O–H groups in total. The molecule has 1 amide bonds. The minimum Gasteiger partial charge on any atom is -0.442 e. The van der Waals surface area contributed by atoms with Gasteiger partial charge in [0.05, 0.1) is 22.7 Å². The molecule has 8 nitrogen and oxygen atoms in total. The van der Waals surface area contributed by atoms with E-state index >= 15 is 0 Å². The minimum absolute atomic E-state index is 0. The third kappa shape index (κ3) is 3.84. The highest BCUT2D eigenvalue weighted by atomic mass is 32.2. The lowest BCUT2D eigenvalue weighted by Gasteiger charge is -2.17. The van der Waals surface area contributed by atoms with Gasteiger partial charge in [-0.2, -0.15) is 4.72 Å². The van der Waals surface area contributed by atoms with Gasteiger partial charge in [-0.1, -0.05) is 35.6 Å². The molecule has 4 rings (SSSR count). The smallest absolute Gasteiger partial charge is 0.274 e. The van der Waals surface area contributed by atoms with Gasteiger partial charge in [0.15, 0.2) is 5.13 Å². The zero-order valence-electron chi connectivity index (χ0n) is 15.7. The van der Waals surface area contributed by atoms with Crippen LogP contribution in [0.25, 0.3) is 10.6 Å². The molecule has 29 heavy (non-hydrogen) atoms. The highest BCUT2D eigenvalue weighted by molar-refractivity contribution is 7.89. The number of benzene rings is 1. The Labute approximate surface area is 176 Å². The number of rotatable bonds is 5. The summed E-state index contributed by atoms with van der Waals surface area (Å²) in [6, 6.07) is 9.51. The van der Waals surface area contributed by atoms with Crippen LogP contribution in [0.1, 0.15) is 34.1 Å². The number of carbonyl (C=O) groups excluding carboxylic acids is 1. The highest BCUT2D eigenvalue weighted by Gasteiger charge is 2.35. The van der Waals surface area contributed by atoms with E-state index in [0.717, 1.165) is 11.1 Å². The number of hydrogen-bond donors (Lipinski definition) is 3. The summed E-state index contributed by atoms with van der Waals surface area (Å²) in [6.07, 6.45) is -0.459. The molecule has 10 heteroatoms. The molecule has 0 fully saturated rings. The van der Waals surface area contributed by atoms with Crippen molar-refractivity contribution in [3.63, 3.8) is 0 Å². The fourth-order valence-corrected chi connectivity index (χ4v) is 5.51. The van der Waals surface area contributed by atoms with Gasteiger partial charge in [-0.25, -0.2) is 13.4 Å². The van der Waals surface area contributed by atoms with E-state index in [-0.39, 0.29) is 15.3 Å². The molecule has 1 aliphatic rings. The molecular formula is C19H25N3O5S2. The molecule has 0 unspecified atom stereocenters. The summed E-state index contributed by atoms with van der Waals surface area (Å²) >= 11 is 1.20. The van der Waals surface area contributed by atoms with Gasteiger partial charge >= 0.3 is 0 Å². The molecule has 3 aromatic rings. The summed E-state index contributed by atoms with van der Waals surface area (Å²) in [7, 11) is -3.99. The Bertz CT molecular complexity index is 1200. The number of aryl methyl sites for hydroxylation is 1. The number of amides is 1. The summed E-state index contributed by atoms with van der Waals surface area (Å²) in [5.41, 5.74) is 2.29. The number of fused-ring (bicyclic) bond motifs is 1. The molecule has 1 aliphatic carbocycles. The van der Waals surface area contributed by atoms with E-state index in [9.17, 15) is 18.3 Å². The van der Waals surface area contributed by atoms with Crippen molar-refractivity contribution in [1.29, 1.82) is 0 Å². The Kier molecular flexibility index (Phi) is 5.03. The Hall–Kier alpha value is -2.53. The molecule has 0 radical (unpaired) electrons. The van der Waals surface area contributed by atoms with Crippen LogP contribution < -0.4 is 10.0 Å². The third-order valence-electron chi connectivity index (χ3n) is 4.64. The third-order valence-corrected chi connectivity index (χ3v) is 7.04. The number of aliphatic hydroxyl groups is 1. The molecule has 1 aromatic carbocycles. The first-order valence-electron chi connectivity index (χ1n) is 8.88. The van der Waals surface area contributed by atoms with Crippen LogP contribution in [0.15, 0.2) is 45.9 Å². The number of aromatic nitrogens is 1. The van der Waals surface area contributed by atoms with E-state index < -0.39 is 22.2 Å². The van der Waals surface area contributed by atoms with E-state index in [1.165, 1.54) is 24.3 Å². The van der Waals surface area contributed by atoms with Gasteiger partial charge < -0.3 is 14.8 Å². The van der Waals surface area contributed by atoms with Gasteiger partial charge in [0.2, 0.25) is 11.0 Å². The highest BCUT2D eigenvalue weighted by Crippen LogP contribution is 2.36. The second kappa shape index (κ2) is 7.38. The number of hydrogen-bond acceptors (Lipinski definition) is 7. The lowest BCUT2D eigenvalue weighted by Crippen LogP contribution is -2.33. The maximum absolute atomic E-state index is 12.8. The lowest BCUT2D eigenvalue weighted by molar-refractivity contribution is -0.114. The van der Waals surface area contributed by atoms with Crippen molar-refractivity contribution in [2.45, 2.75) is 37.5 Å². The van der Waals surface area contributed by atoms with E-state index in [2.05, 4.69) is 15.0 Å². The maximum atomic E-state index is 12.8. The van der Waals surface area contributed by atoms with Crippen LogP contribution in [0.2, 0.25) is 0 Å². The molecular weight excluding hydrogens is 414 g/mol. The second-order valence-corrected chi connectivity index (χ2v) is 9.45. The Morgan fingerprint density at radius 3 is 2.83 bits per heavy atom. The predicted molar refractivity (Wildman–Crippen MR) is 114 cm³/mol. The van der Waals surface area contributed by atoms with E-state index in [0.29, 0.717) is 27.9 Å². The van der Waals surface area contributed by atoms with E-state index in [4.69, 9.17) is 4.42 Å². The van der Waals surface area contributed by atoms with Crippen LogP contribution in [0, 0.1) is 6.92 Å². The van der Waals surface area contributed by atoms with Gasteiger partial charge in [0.1, 0.15) is 5.76 Å². The molecule has 0 saturated carbocycles. The fourth-order valence-electron chi connectivity index (χ4n) is 3.36. The molecule has 158 valence electrons. The van der Waals surface area contributed by atoms with Crippen molar-refractivity contribution in [1.82, 2.24) is 9.71 Å². The fraction of sp³-hybridized carbons (Fsp3) is 0.263. The lowest BCUT2D eigenvalue weighted by atomic mass is 10.1. The van der Waals surface area contributed by atoms with Crippen molar-refractivity contribution >= 4 is 32.4 Å². The van der Waals surface area contributed by atoms with Crippen LogP contribution in [0.3, 0.4) is 0 Å². The quantitative estimate of drug-likeness (QED) is 0.560. The number of carbonyl (C=O) groups is 1. The maximum Gasteiger partial charge on any atom is 0.274 e. The average Bonchev–Trinajstić information content (AvgIpc) is 3.33. The van der Waals surface area contributed by atoms with Crippen molar-refractivity contribution in [2.75, 3.05) is 5.32 Å². The normalized spacial score (nSPS) is 18.6. The SMILES string of the molecule is CC(=O)Nc1nc(C)c(-c2ccc(S(=O)(=O)N[C@@H]3c4ccccc4C[C@@H]3O)o2)s1.[HH].[HH].[HH]. The second-order valence-electron chi connectivity index (χ2n) is 6.80. The van der Waals surface area contributed by atoms with E-state index in [1.807, 2.05) is 18.2 Å². The van der Waals surface area contributed by atoms with Crippen molar-refractivity contribution in [3.05, 3.63) is 53.2 Å². The first kappa shape index (κ1) is 19.8. The number of nitrogens with zero attached hydrogens (tertiary/aromatic N) is 1. The number of sulfonamides is 1. The van der Waals surface area contributed by atoms with Gasteiger partial charge in [-0.15, -0.1) is 0 Å². The summed E-state index contributed by atoms with van der Waals surface area (Å²) < 4.78 is 33.8.